The van der Waals surface area contributed by atoms with Crippen LogP contribution < -0.4 is 14.8 Å². The molecule has 1 fully saturated rings. The van der Waals surface area contributed by atoms with Gasteiger partial charge in [-0.3, -0.25) is 0 Å². The fourth-order valence-electron chi connectivity index (χ4n) is 2.63. The Labute approximate surface area is 132 Å². The highest BCUT2D eigenvalue weighted by molar-refractivity contribution is 8.00. The molecule has 1 aliphatic carbocycles. The number of rotatable bonds is 8. The number of hydrogen-bond donors (Lipinski definition) is 1. The molecule has 4 heteroatoms. The first-order valence-corrected chi connectivity index (χ1v) is 8.90. The maximum atomic E-state index is 5.75. The first-order valence-electron chi connectivity index (χ1n) is 7.68. The third-order valence-electron chi connectivity index (χ3n) is 4.06. The van der Waals surface area contributed by atoms with Crippen LogP contribution in [0.2, 0.25) is 0 Å². The lowest BCUT2D eigenvalue weighted by Gasteiger charge is -2.40. The monoisotopic (exact) mass is 309 g/mol. The van der Waals surface area contributed by atoms with Gasteiger partial charge in [0.2, 0.25) is 0 Å². The topological polar surface area (TPSA) is 30.5 Å². The van der Waals surface area contributed by atoms with Crippen LogP contribution in [0.5, 0.6) is 11.5 Å². The zero-order valence-electron chi connectivity index (χ0n) is 13.6. The molecule has 0 radical (unpaired) electrons. The van der Waals surface area contributed by atoms with Gasteiger partial charge in [-0.05, 0) is 50.6 Å². The quantitative estimate of drug-likeness (QED) is 0.790. The Morgan fingerprint density at radius 1 is 1.29 bits per heavy atom. The summed E-state index contributed by atoms with van der Waals surface area (Å²) in [5, 5.41) is 3.59. The van der Waals surface area contributed by atoms with Gasteiger partial charge in [0.15, 0.2) is 11.5 Å². The third-order valence-corrected chi connectivity index (χ3v) is 5.48. The Bertz CT molecular complexity index is 453. The number of hydrogen-bond acceptors (Lipinski definition) is 4. The summed E-state index contributed by atoms with van der Waals surface area (Å²) in [5.74, 6) is 1.63. The van der Waals surface area contributed by atoms with Crippen molar-refractivity contribution in [3.05, 3.63) is 23.8 Å². The zero-order valence-corrected chi connectivity index (χ0v) is 14.4. The molecule has 21 heavy (non-hydrogen) atoms. The Kier molecular flexibility index (Phi) is 5.82. The Balaban J connectivity index is 1.91. The fourth-order valence-corrected chi connectivity index (χ4v) is 3.58. The van der Waals surface area contributed by atoms with Crippen LogP contribution in [0.1, 0.15) is 38.7 Å². The smallest absolute Gasteiger partial charge is 0.161 e. The van der Waals surface area contributed by atoms with E-state index in [-0.39, 0.29) is 6.10 Å². The third kappa shape index (κ3) is 4.30. The molecule has 1 N–H and O–H groups in total. The highest BCUT2D eigenvalue weighted by Gasteiger charge is 2.35. The van der Waals surface area contributed by atoms with E-state index in [4.69, 9.17) is 9.47 Å². The molecule has 0 spiro atoms. The summed E-state index contributed by atoms with van der Waals surface area (Å²) in [5.41, 5.74) is 1.23. The summed E-state index contributed by atoms with van der Waals surface area (Å²) in [6.07, 6.45) is 6.43. The highest BCUT2D eigenvalue weighted by atomic mass is 32.2. The Morgan fingerprint density at radius 2 is 2.05 bits per heavy atom. The van der Waals surface area contributed by atoms with Crippen molar-refractivity contribution in [3.63, 3.8) is 0 Å². The van der Waals surface area contributed by atoms with Crippen molar-refractivity contribution in [2.45, 2.75) is 50.5 Å². The molecule has 0 saturated heterocycles. The molecule has 0 unspecified atom stereocenters. The molecule has 0 aliphatic heterocycles. The van der Waals surface area contributed by atoms with Crippen LogP contribution in [-0.4, -0.2) is 30.8 Å². The lowest BCUT2D eigenvalue weighted by Crippen LogP contribution is -2.43. The molecule has 0 atom stereocenters. The minimum atomic E-state index is 0.155. The summed E-state index contributed by atoms with van der Waals surface area (Å²) < 4.78 is 11.7. The predicted octanol–water partition coefficient (Wildman–Crippen LogP) is 3.86. The Morgan fingerprint density at radius 3 is 2.57 bits per heavy atom. The van der Waals surface area contributed by atoms with Gasteiger partial charge in [0.05, 0.1) is 13.2 Å². The van der Waals surface area contributed by atoms with E-state index in [1.807, 2.05) is 31.7 Å². The van der Waals surface area contributed by atoms with E-state index in [9.17, 15) is 0 Å². The lowest BCUT2D eigenvalue weighted by atomic mass is 9.84. The zero-order chi connectivity index (χ0) is 15.3. The molecular formula is C17H27NO2S. The first-order chi connectivity index (χ1) is 10.1. The van der Waals surface area contributed by atoms with Gasteiger partial charge < -0.3 is 14.8 Å². The van der Waals surface area contributed by atoms with Gasteiger partial charge in [0.1, 0.15) is 0 Å². The van der Waals surface area contributed by atoms with Crippen molar-refractivity contribution in [1.29, 1.82) is 0 Å². The van der Waals surface area contributed by atoms with E-state index >= 15 is 0 Å². The summed E-state index contributed by atoms with van der Waals surface area (Å²) in [7, 11) is 1.69. The molecule has 0 amide bonds. The second-order valence-electron chi connectivity index (χ2n) is 6.00. The van der Waals surface area contributed by atoms with Crippen molar-refractivity contribution in [3.8, 4) is 11.5 Å². The van der Waals surface area contributed by atoms with Crippen LogP contribution >= 0.6 is 11.8 Å². The second-order valence-corrected chi connectivity index (χ2v) is 7.27. The molecule has 1 aromatic rings. The SMILES string of the molecule is COc1cc(CNCC2(SC)CCC2)ccc1OC(C)C. The minimum absolute atomic E-state index is 0.155. The molecule has 0 heterocycles. The molecule has 0 aromatic heterocycles. The molecular weight excluding hydrogens is 282 g/mol. The molecule has 1 saturated carbocycles. The van der Waals surface area contributed by atoms with Crippen molar-refractivity contribution in [2.75, 3.05) is 19.9 Å². The Hall–Kier alpha value is -0.870. The van der Waals surface area contributed by atoms with E-state index in [0.29, 0.717) is 4.75 Å². The summed E-state index contributed by atoms with van der Waals surface area (Å²) >= 11 is 2.00. The maximum Gasteiger partial charge on any atom is 0.161 e. The van der Waals surface area contributed by atoms with E-state index in [1.165, 1.54) is 24.8 Å². The highest BCUT2D eigenvalue weighted by Crippen LogP contribution is 2.42. The molecule has 118 valence electrons. The van der Waals surface area contributed by atoms with Crippen LogP contribution in [0.25, 0.3) is 0 Å². The van der Waals surface area contributed by atoms with Crippen LogP contribution in [-0.2, 0) is 6.54 Å². The van der Waals surface area contributed by atoms with Crippen LogP contribution in [0, 0.1) is 0 Å². The largest absolute Gasteiger partial charge is 0.493 e. The standard InChI is InChI=1S/C17H27NO2S/c1-13(2)20-15-7-6-14(10-16(15)19-3)11-18-12-17(21-4)8-5-9-17/h6-7,10,13,18H,5,8-9,11-12H2,1-4H3. The van der Waals surface area contributed by atoms with Gasteiger partial charge in [-0.2, -0.15) is 11.8 Å². The van der Waals surface area contributed by atoms with Gasteiger partial charge in [-0.15, -0.1) is 0 Å². The maximum absolute atomic E-state index is 5.75. The number of thioether (sulfide) groups is 1. The molecule has 1 aromatic carbocycles. The van der Waals surface area contributed by atoms with Gasteiger partial charge in [-0.25, -0.2) is 0 Å². The van der Waals surface area contributed by atoms with E-state index in [2.05, 4.69) is 23.7 Å². The first kappa shape index (κ1) is 16.5. The molecule has 2 rings (SSSR count). The minimum Gasteiger partial charge on any atom is -0.493 e. The van der Waals surface area contributed by atoms with Gasteiger partial charge in [0.25, 0.3) is 0 Å². The van der Waals surface area contributed by atoms with Crippen molar-refractivity contribution < 1.29 is 9.47 Å². The van der Waals surface area contributed by atoms with Gasteiger partial charge >= 0.3 is 0 Å². The lowest BCUT2D eigenvalue weighted by molar-refractivity contribution is 0.230. The van der Waals surface area contributed by atoms with Crippen molar-refractivity contribution in [2.24, 2.45) is 0 Å². The van der Waals surface area contributed by atoms with Crippen molar-refractivity contribution >= 4 is 11.8 Å². The number of nitrogens with one attached hydrogen (secondary N) is 1. The van der Waals surface area contributed by atoms with E-state index in [1.54, 1.807) is 7.11 Å². The summed E-state index contributed by atoms with van der Waals surface area (Å²) in [4.78, 5) is 0. The molecule has 1 aliphatic rings. The summed E-state index contributed by atoms with van der Waals surface area (Å²) in [6.45, 7) is 6.01. The van der Waals surface area contributed by atoms with Crippen molar-refractivity contribution in [1.82, 2.24) is 5.32 Å². The van der Waals surface area contributed by atoms with Gasteiger partial charge in [-0.1, -0.05) is 12.5 Å². The average Bonchev–Trinajstić information content (AvgIpc) is 2.42. The van der Waals surface area contributed by atoms with E-state index in [0.717, 1.165) is 24.6 Å². The number of ether oxygens (including phenoxy) is 2. The number of benzene rings is 1. The second kappa shape index (κ2) is 7.41. The van der Waals surface area contributed by atoms with E-state index < -0.39 is 0 Å². The molecule has 0 bridgehead atoms. The van der Waals surface area contributed by atoms with Crippen LogP contribution in [0.15, 0.2) is 18.2 Å². The van der Waals surface area contributed by atoms with Crippen LogP contribution in [0.4, 0.5) is 0 Å². The average molecular weight is 309 g/mol. The molecule has 3 nitrogen and oxygen atoms in total. The van der Waals surface area contributed by atoms with Crippen LogP contribution in [0.3, 0.4) is 0 Å². The normalized spacial score (nSPS) is 16.6. The van der Waals surface area contributed by atoms with Gasteiger partial charge in [0, 0.05) is 17.8 Å². The fraction of sp³-hybridized carbons (Fsp3) is 0.647. The summed E-state index contributed by atoms with van der Waals surface area (Å²) in [6, 6.07) is 6.18. The number of methoxy groups -OCH3 is 1. The predicted molar refractivity (Wildman–Crippen MR) is 90.6 cm³/mol.